The Morgan fingerprint density at radius 2 is 2.46 bits per heavy atom. The van der Waals surface area contributed by atoms with Crippen molar-refractivity contribution in [1.82, 2.24) is 4.98 Å². The molecule has 0 aliphatic carbocycles. The third-order valence-corrected chi connectivity index (χ3v) is 2.33. The summed E-state index contributed by atoms with van der Waals surface area (Å²) in [5.74, 6) is 1.44. The Morgan fingerprint density at radius 1 is 1.62 bits per heavy atom. The van der Waals surface area contributed by atoms with Crippen LogP contribution in [0.4, 0.5) is 0 Å². The summed E-state index contributed by atoms with van der Waals surface area (Å²) in [6.07, 6.45) is 1.72. The van der Waals surface area contributed by atoms with Gasteiger partial charge in [-0.05, 0) is 19.1 Å². The predicted molar refractivity (Wildman–Crippen MR) is 53.2 cm³/mol. The quantitative estimate of drug-likeness (QED) is 0.731. The number of ether oxygens (including phenoxy) is 1. The summed E-state index contributed by atoms with van der Waals surface area (Å²) in [5, 5.41) is 9.50. The molecule has 1 rings (SSSR count). The second kappa shape index (κ2) is 5.83. The number of aliphatic hydroxyl groups excluding tert-OH is 1. The number of nitrogens with zero attached hydrogens (tertiary/aromatic N) is 1. The van der Waals surface area contributed by atoms with E-state index in [4.69, 9.17) is 9.84 Å². The van der Waals surface area contributed by atoms with E-state index in [-0.39, 0.29) is 6.61 Å². The molecule has 0 aromatic carbocycles. The molecule has 1 N–H and O–H groups in total. The van der Waals surface area contributed by atoms with Gasteiger partial charge in [-0.25, -0.2) is 4.98 Å². The second-order valence-electron chi connectivity index (χ2n) is 2.31. The number of aromatic nitrogens is 1. The highest BCUT2D eigenvalue weighted by Gasteiger charge is 2.03. The van der Waals surface area contributed by atoms with Crippen molar-refractivity contribution >= 4 is 11.8 Å². The Labute approximate surface area is 82.1 Å². The zero-order valence-corrected chi connectivity index (χ0v) is 8.38. The molecule has 0 amide bonds. The Kier molecular flexibility index (Phi) is 4.64. The normalized spacial score (nSPS) is 10.0. The second-order valence-corrected chi connectivity index (χ2v) is 3.40. The monoisotopic (exact) mass is 199 g/mol. The molecular formula is C9H13NO2S. The van der Waals surface area contributed by atoms with Crippen molar-refractivity contribution in [2.24, 2.45) is 0 Å². The van der Waals surface area contributed by atoms with Crippen LogP contribution < -0.4 is 4.74 Å². The van der Waals surface area contributed by atoms with Crippen molar-refractivity contribution < 1.29 is 9.84 Å². The first-order chi connectivity index (χ1) is 6.38. The summed E-state index contributed by atoms with van der Waals surface area (Å²) in [7, 11) is 0. The lowest BCUT2D eigenvalue weighted by molar-refractivity contribution is 0.321. The third kappa shape index (κ3) is 3.24. The number of hydrogen-bond acceptors (Lipinski definition) is 4. The van der Waals surface area contributed by atoms with Gasteiger partial charge in [0.05, 0.1) is 13.2 Å². The van der Waals surface area contributed by atoms with E-state index in [0.29, 0.717) is 12.4 Å². The van der Waals surface area contributed by atoms with E-state index >= 15 is 0 Å². The molecule has 0 unspecified atom stereocenters. The summed E-state index contributed by atoms with van der Waals surface area (Å²) in [4.78, 5) is 4.16. The topological polar surface area (TPSA) is 42.4 Å². The highest BCUT2D eigenvalue weighted by Crippen LogP contribution is 2.25. The van der Waals surface area contributed by atoms with Crippen LogP contribution in [0.3, 0.4) is 0 Å². The van der Waals surface area contributed by atoms with E-state index in [2.05, 4.69) is 4.98 Å². The zero-order chi connectivity index (χ0) is 9.52. The Hall–Kier alpha value is -0.740. The van der Waals surface area contributed by atoms with Crippen LogP contribution in [0.25, 0.3) is 0 Å². The number of thioether (sulfide) groups is 1. The molecule has 1 heterocycles. The van der Waals surface area contributed by atoms with Crippen molar-refractivity contribution in [1.29, 1.82) is 0 Å². The van der Waals surface area contributed by atoms with Gasteiger partial charge in [0.25, 0.3) is 0 Å². The highest BCUT2D eigenvalue weighted by atomic mass is 32.2. The Morgan fingerprint density at radius 3 is 3.15 bits per heavy atom. The van der Waals surface area contributed by atoms with Gasteiger partial charge in [0, 0.05) is 11.9 Å². The maximum atomic E-state index is 8.66. The molecule has 0 atom stereocenters. The molecular weight excluding hydrogens is 186 g/mol. The van der Waals surface area contributed by atoms with Crippen molar-refractivity contribution in [3.8, 4) is 5.75 Å². The maximum absolute atomic E-state index is 8.66. The van der Waals surface area contributed by atoms with Crippen molar-refractivity contribution in [3.63, 3.8) is 0 Å². The first kappa shape index (κ1) is 10.3. The molecule has 1 aromatic heterocycles. The molecule has 72 valence electrons. The molecule has 3 nitrogen and oxygen atoms in total. The lowest BCUT2D eigenvalue weighted by atomic mass is 10.5. The fourth-order valence-corrected chi connectivity index (χ4v) is 1.58. The lowest BCUT2D eigenvalue weighted by Crippen LogP contribution is -1.96. The van der Waals surface area contributed by atoms with Gasteiger partial charge < -0.3 is 9.84 Å². The summed E-state index contributed by atoms with van der Waals surface area (Å²) < 4.78 is 5.37. The van der Waals surface area contributed by atoms with Crippen LogP contribution in [0.2, 0.25) is 0 Å². The van der Waals surface area contributed by atoms with E-state index < -0.39 is 0 Å². The van der Waals surface area contributed by atoms with Crippen LogP contribution in [0, 0.1) is 0 Å². The molecule has 0 radical (unpaired) electrons. The molecule has 13 heavy (non-hydrogen) atoms. The van der Waals surface area contributed by atoms with E-state index in [9.17, 15) is 0 Å². The van der Waals surface area contributed by atoms with Gasteiger partial charge in [-0.15, -0.1) is 11.8 Å². The van der Waals surface area contributed by atoms with Crippen LogP contribution in [0.5, 0.6) is 5.75 Å². The van der Waals surface area contributed by atoms with Crippen LogP contribution in [0.15, 0.2) is 23.4 Å². The number of hydrogen-bond donors (Lipinski definition) is 1. The minimum atomic E-state index is 0.160. The molecule has 0 spiro atoms. The smallest absolute Gasteiger partial charge is 0.151 e. The van der Waals surface area contributed by atoms with Crippen LogP contribution >= 0.6 is 11.8 Å². The molecule has 0 saturated carbocycles. The van der Waals surface area contributed by atoms with E-state index in [0.717, 1.165) is 10.8 Å². The largest absolute Gasteiger partial charge is 0.491 e. The lowest BCUT2D eigenvalue weighted by Gasteiger charge is -2.06. The van der Waals surface area contributed by atoms with Gasteiger partial charge in [-0.1, -0.05) is 0 Å². The van der Waals surface area contributed by atoms with E-state index in [1.165, 1.54) is 11.8 Å². The van der Waals surface area contributed by atoms with Gasteiger partial charge in [0.15, 0.2) is 5.75 Å². The van der Waals surface area contributed by atoms with Gasteiger partial charge in [0.2, 0.25) is 0 Å². The first-order valence-corrected chi connectivity index (χ1v) is 5.18. The fourth-order valence-electron chi connectivity index (χ4n) is 0.892. The van der Waals surface area contributed by atoms with Gasteiger partial charge in [-0.2, -0.15) is 0 Å². The zero-order valence-electron chi connectivity index (χ0n) is 7.56. The highest BCUT2D eigenvalue weighted by molar-refractivity contribution is 7.99. The Balaban J connectivity index is 2.66. The Bertz CT molecular complexity index is 255. The minimum absolute atomic E-state index is 0.160. The maximum Gasteiger partial charge on any atom is 0.151 e. The van der Waals surface area contributed by atoms with Crippen molar-refractivity contribution in [2.45, 2.75) is 11.9 Å². The van der Waals surface area contributed by atoms with Gasteiger partial charge in [-0.3, -0.25) is 0 Å². The minimum Gasteiger partial charge on any atom is -0.491 e. The van der Waals surface area contributed by atoms with Crippen molar-refractivity contribution in [3.05, 3.63) is 18.3 Å². The summed E-state index contributed by atoms with van der Waals surface area (Å²) in [6, 6.07) is 3.73. The molecule has 4 heteroatoms. The molecule has 0 fully saturated rings. The summed E-state index contributed by atoms with van der Waals surface area (Å²) in [5.41, 5.74) is 0. The van der Waals surface area contributed by atoms with Crippen molar-refractivity contribution in [2.75, 3.05) is 19.0 Å². The fraction of sp³-hybridized carbons (Fsp3) is 0.444. The first-order valence-electron chi connectivity index (χ1n) is 4.20. The number of aliphatic hydroxyl groups is 1. The van der Waals surface area contributed by atoms with E-state index in [1.54, 1.807) is 6.20 Å². The molecule has 0 aliphatic heterocycles. The average molecular weight is 199 g/mol. The number of rotatable bonds is 5. The van der Waals surface area contributed by atoms with Crippen LogP contribution in [-0.4, -0.2) is 29.1 Å². The molecule has 0 saturated heterocycles. The summed E-state index contributed by atoms with van der Waals surface area (Å²) in [6.45, 7) is 2.73. The van der Waals surface area contributed by atoms with E-state index in [1.807, 2.05) is 19.1 Å². The van der Waals surface area contributed by atoms with Crippen LogP contribution in [-0.2, 0) is 0 Å². The molecule has 0 bridgehead atoms. The predicted octanol–water partition coefficient (Wildman–Crippen LogP) is 1.56. The van der Waals surface area contributed by atoms with Gasteiger partial charge in [0.1, 0.15) is 5.03 Å². The number of pyridine rings is 1. The standard InChI is InChI=1S/C9H13NO2S/c1-2-12-8-4-3-5-10-9(8)13-7-6-11/h3-5,11H,2,6-7H2,1H3. The third-order valence-electron chi connectivity index (χ3n) is 1.37. The average Bonchev–Trinajstić information content (AvgIpc) is 2.17. The molecule has 1 aromatic rings. The summed E-state index contributed by atoms with van der Waals surface area (Å²) >= 11 is 1.50. The van der Waals surface area contributed by atoms with Gasteiger partial charge >= 0.3 is 0 Å². The van der Waals surface area contributed by atoms with Crippen LogP contribution in [0.1, 0.15) is 6.92 Å². The SMILES string of the molecule is CCOc1cccnc1SCCO. The molecule has 0 aliphatic rings.